The molecule has 1 spiro atoms. The normalized spacial score (nSPS) is 34.2. The number of hydrogen-bond acceptors (Lipinski definition) is 5. The number of ether oxygens (including phenoxy) is 2. The molecule has 5 aliphatic rings. The standard InChI is InChI=1S/C31H44F2N4O4/c1-3-30-19-29(20-36(28(39)35(29)2)16-22-17-40-21-41-18-22)15-26(30)37(30)14-11-25(23-7-5-4-6-8-23)34-27(38)24-9-12-31(32,33)13-10-24/h4-8,22,24-26H,3,9-21H2,1-2H3,(H,34,38)/t25-,26?,29?,30?,37?/m0/s1. The third kappa shape index (κ3) is 5.47. The number of hydrogen-bond donors (Lipinski definition) is 1. The van der Waals surface area contributed by atoms with Gasteiger partial charge in [0, 0.05) is 62.9 Å². The first-order valence-corrected chi connectivity index (χ1v) is 15.3. The maximum Gasteiger partial charge on any atom is 0.320 e. The number of rotatable bonds is 9. The lowest BCUT2D eigenvalue weighted by Gasteiger charge is -2.35. The van der Waals surface area contributed by atoms with E-state index in [0.717, 1.165) is 44.3 Å². The second kappa shape index (κ2) is 11.1. The number of amides is 3. The largest absolute Gasteiger partial charge is 0.355 e. The minimum absolute atomic E-state index is 0.0712. The summed E-state index contributed by atoms with van der Waals surface area (Å²) in [7, 11) is 1.96. The molecule has 5 fully saturated rings. The third-order valence-electron chi connectivity index (χ3n) is 10.7. The molecule has 1 aromatic carbocycles. The summed E-state index contributed by atoms with van der Waals surface area (Å²) in [6, 6.07) is 10.3. The Morgan fingerprint density at radius 2 is 1.85 bits per heavy atom. The van der Waals surface area contributed by atoms with E-state index in [1.807, 2.05) is 47.2 Å². The van der Waals surface area contributed by atoms with Crippen LogP contribution in [0.5, 0.6) is 0 Å². The van der Waals surface area contributed by atoms with Crippen LogP contribution in [-0.2, 0) is 14.3 Å². The highest BCUT2D eigenvalue weighted by atomic mass is 19.3. The number of carbonyl (C=O) groups excluding carboxylic acids is 2. The number of nitrogens with zero attached hydrogens (tertiary/aromatic N) is 3. The van der Waals surface area contributed by atoms with E-state index in [0.29, 0.717) is 32.6 Å². The van der Waals surface area contributed by atoms with E-state index in [1.54, 1.807) is 0 Å². The Bertz CT molecular complexity index is 1110. The van der Waals surface area contributed by atoms with Crippen molar-refractivity contribution in [3.8, 4) is 0 Å². The lowest BCUT2D eigenvalue weighted by molar-refractivity contribution is -0.130. The van der Waals surface area contributed by atoms with Gasteiger partial charge in [0.15, 0.2) is 0 Å². The first kappa shape index (κ1) is 28.8. The molecule has 4 unspecified atom stereocenters. The summed E-state index contributed by atoms with van der Waals surface area (Å²) in [5, 5.41) is 3.23. The van der Waals surface area contributed by atoms with Crippen molar-refractivity contribution in [1.29, 1.82) is 0 Å². The molecule has 3 amide bonds. The Hall–Kier alpha value is -2.30. The second-order valence-corrected chi connectivity index (χ2v) is 13.1. The van der Waals surface area contributed by atoms with Crippen LogP contribution < -0.4 is 5.32 Å². The van der Waals surface area contributed by atoms with Crippen molar-refractivity contribution in [2.45, 2.75) is 87.4 Å². The van der Waals surface area contributed by atoms with Crippen LogP contribution in [0.15, 0.2) is 30.3 Å². The highest BCUT2D eigenvalue weighted by Crippen LogP contribution is 2.61. The van der Waals surface area contributed by atoms with Crippen LogP contribution in [-0.4, -0.2) is 96.4 Å². The number of halogens is 2. The summed E-state index contributed by atoms with van der Waals surface area (Å²) < 4.78 is 38.3. The van der Waals surface area contributed by atoms with Gasteiger partial charge in [-0.05, 0) is 44.1 Å². The van der Waals surface area contributed by atoms with E-state index in [-0.39, 0.29) is 66.6 Å². The first-order chi connectivity index (χ1) is 19.7. The SMILES string of the molecule is CCC12CC3(CC1N2CC[C@H](NC(=O)C1CCC(F)(F)CC1)c1ccccc1)CN(CC1COCOC1)C(=O)N3C. The Morgan fingerprint density at radius 3 is 2.51 bits per heavy atom. The summed E-state index contributed by atoms with van der Waals surface area (Å²) in [6.07, 6.45) is 3.73. The predicted molar refractivity (Wildman–Crippen MR) is 149 cm³/mol. The molecule has 3 aliphatic heterocycles. The number of nitrogens with one attached hydrogen (secondary N) is 1. The molecule has 0 radical (unpaired) electrons. The van der Waals surface area contributed by atoms with Gasteiger partial charge in [0.1, 0.15) is 6.79 Å². The van der Waals surface area contributed by atoms with Crippen molar-refractivity contribution < 1.29 is 27.8 Å². The van der Waals surface area contributed by atoms with E-state index in [1.165, 1.54) is 0 Å². The molecular formula is C31H44F2N4O4. The van der Waals surface area contributed by atoms with Crippen LogP contribution in [0.2, 0.25) is 0 Å². The fourth-order valence-electron chi connectivity index (χ4n) is 8.26. The predicted octanol–water partition coefficient (Wildman–Crippen LogP) is 4.41. The molecule has 226 valence electrons. The van der Waals surface area contributed by atoms with Crippen molar-refractivity contribution in [1.82, 2.24) is 20.0 Å². The fourth-order valence-corrected chi connectivity index (χ4v) is 8.26. The Labute approximate surface area is 241 Å². The first-order valence-electron chi connectivity index (χ1n) is 15.3. The number of piperidine rings is 1. The van der Waals surface area contributed by atoms with Gasteiger partial charge < -0.3 is 24.6 Å². The molecule has 2 saturated carbocycles. The molecule has 5 atom stereocenters. The maximum atomic E-state index is 13.7. The van der Waals surface area contributed by atoms with Crippen molar-refractivity contribution in [3.05, 3.63) is 35.9 Å². The molecule has 0 bridgehead atoms. The molecule has 6 rings (SSSR count). The van der Waals surface area contributed by atoms with Gasteiger partial charge in [-0.2, -0.15) is 0 Å². The molecule has 0 aromatic heterocycles. The molecule has 3 heterocycles. The van der Waals surface area contributed by atoms with Crippen LogP contribution in [0, 0.1) is 11.8 Å². The minimum atomic E-state index is -2.65. The van der Waals surface area contributed by atoms with E-state index in [9.17, 15) is 18.4 Å². The Balaban J connectivity index is 1.08. The van der Waals surface area contributed by atoms with Gasteiger partial charge in [-0.25, -0.2) is 13.6 Å². The van der Waals surface area contributed by atoms with Crippen LogP contribution in [0.1, 0.15) is 69.9 Å². The topological polar surface area (TPSA) is 74.1 Å². The highest BCUT2D eigenvalue weighted by Gasteiger charge is 2.72. The molecule has 41 heavy (non-hydrogen) atoms. The third-order valence-corrected chi connectivity index (χ3v) is 10.7. The smallest absolute Gasteiger partial charge is 0.320 e. The lowest BCUT2D eigenvalue weighted by atomic mass is 9.86. The number of urea groups is 1. The van der Waals surface area contributed by atoms with E-state index in [2.05, 4.69) is 17.1 Å². The average Bonchev–Trinajstić information content (AvgIpc) is 3.29. The number of carbonyl (C=O) groups is 2. The second-order valence-electron chi connectivity index (χ2n) is 13.1. The Morgan fingerprint density at radius 1 is 1.15 bits per heavy atom. The van der Waals surface area contributed by atoms with Crippen LogP contribution >= 0.6 is 0 Å². The monoisotopic (exact) mass is 574 g/mol. The van der Waals surface area contributed by atoms with Crippen LogP contribution in [0.3, 0.4) is 0 Å². The zero-order valence-corrected chi connectivity index (χ0v) is 24.3. The Kier molecular flexibility index (Phi) is 7.78. The maximum absolute atomic E-state index is 13.7. The summed E-state index contributed by atoms with van der Waals surface area (Å²) in [6.45, 7) is 6.08. The summed E-state index contributed by atoms with van der Waals surface area (Å²) in [5.74, 6) is -2.90. The van der Waals surface area contributed by atoms with E-state index < -0.39 is 5.92 Å². The van der Waals surface area contributed by atoms with Gasteiger partial charge in [0.25, 0.3) is 0 Å². The van der Waals surface area contributed by atoms with E-state index >= 15 is 0 Å². The number of alkyl halides is 2. The molecule has 1 aromatic rings. The van der Waals surface area contributed by atoms with Gasteiger partial charge >= 0.3 is 6.03 Å². The molecule has 1 N–H and O–H groups in total. The fraction of sp³-hybridized carbons (Fsp3) is 0.742. The van der Waals surface area contributed by atoms with Crippen molar-refractivity contribution in [2.24, 2.45) is 11.8 Å². The van der Waals surface area contributed by atoms with Crippen molar-refractivity contribution >= 4 is 11.9 Å². The van der Waals surface area contributed by atoms with Gasteiger partial charge in [-0.1, -0.05) is 37.3 Å². The quantitative estimate of drug-likeness (QED) is 0.443. The summed E-state index contributed by atoms with van der Waals surface area (Å²) in [4.78, 5) is 33.0. The number of likely N-dealkylation sites (tertiary alicyclic amines) is 1. The zero-order chi connectivity index (χ0) is 28.8. The van der Waals surface area contributed by atoms with Crippen molar-refractivity contribution in [2.75, 3.05) is 46.7 Å². The number of fused-ring (bicyclic) bond motifs is 1. The van der Waals surface area contributed by atoms with Crippen LogP contribution in [0.25, 0.3) is 0 Å². The molecule has 2 aliphatic carbocycles. The molecule has 8 nitrogen and oxygen atoms in total. The van der Waals surface area contributed by atoms with Gasteiger partial charge in [0.2, 0.25) is 11.8 Å². The van der Waals surface area contributed by atoms with Crippen LogP contribution in [0.4, 0.5) is 13.6 Å². The zero-order valence-electron chi connectivity index (χ0n) is 24.3. The molecular weight excluding hydrogens is 530 g/mol. The van der Waals surface area contributed by atoms with E-state index in [4.69, 9.17) is 9.47 Å². The lowest BCUT2D eigenvalue weighted by Crippen LogP contribution is -2.47. The molecule has 10 heteroatoms. The minimum Gasteiger partial charge on any atom is -0.355 e. The molecule has 3 saturated heterocycles. The highest BCUT2D eigenvalue weighted by molar-refractivity contribution is 5.79. The summed E-state index contributed by atoms with van der Waals surface area (Å²) in [5.41, 5.74) is 0.964. The summed E-state index contributed by atoms with van der Waals surface area (Å²) >= 11 is 0. The van der Waals surface area contributed by atoms with Gasteiger partial charge in [0.05, 0.1) is 24.8 Å². The number of benzene rings is 1. The van der Waals surface area contributed by atoms with Crippen molar-refractivity contribution in [3.63, 3.8) is 0 Å². The van der Waals surface area contributed by atoms with Gasteiger partial charge in [-0.15, -0.1) is 0 Å². The number of likely N-dealkylation sites (N-methyl/N-ethyl adjacent to an activating group) is 1. The average molecular weight is 575 g/mol. The van der Waals surface area contributed by atoms with Gasteiger partial charge in [-0.3, -0.25) is 9.69 Å².